The lowest BCUT2D eigenvalue weighted by Gasteiger charge is -2.26. The molecule has 0 fully saturated rings. The Morgan fingerprint density at radius 2 is 1.93 bits per heavy atom. The fourth-order valence-corrected chi connectivity index (χ4v) is 2.12. The highest BCUT2D eigenvalue weighted by molar-refractivity contribution is 7.90. The predicted molar refractivity (Wildman–Crippen MR) is 62.6 cm³/mol. The number of ether oxygens (including phenoxy) is 1. The largest absolute Gasteiger partial charge is 0.379 e. The van der Waals surface area contributed by atoms with Crippen LogP contribution in [0.2, 0.25) is 0 Å². The maximum absolute atomic E-state index is 10.9. The molecule has 0 radical (unpaired) electrons. The normalized spacial score (nSPS) is 15.3. The number of hydrogen-bond acceptors (Lipinski definition) is 4. The minimum absolute atomic E-state index is 0.00157. The third-order valence-electron chi connectivity index (χ3n) is 2.40. The molecule has 0 rings (SSSR count). The second-order valence-corrected chi connectivity index (χ2v) is 6.96. The summed E-state index contributed by atoms with van der Waals surface area (Å²) in [6, 6.07) is 0.00157. The molecule has 0 aromatic heterocycles. The van der Waals surface area contributed by atoms with Crippen molar-refractivity contribution >= 4 is 9.84 Å². The van der Waals surface area contributed by atoms with E-state index in [0.717, 1.165) is 12.8 Å². The first kappa shape index (κ1) is 14.9. The van der Waals surface area contributed by atoms with Crippen molar-refractivity contribution in [2.24, 2.45) is 5.73 Å². The van der Waals surface area contributed by atoms with E-state index in [4.69, 9.17) is 10.5 Å². The highest BCUT2D eigenvalue weighted by atomic mass is 32.2. The summed E-state index contributed by atoms with van der Waals surface area (Å²) >= 11 is 0. The van der Waals surface area contributed by atoms with E-state index in [0.29, 0.717) is 6.42 Å². The third-order valence-corrected chi connectivity index (χ3v) is 3.43. The average Bonchev–Trinajstić information content (AvgIpc) is 2.00. The molecule has 92 valence electrons. The van der Waals surface area contributed by atoms with Gasteiger partial charge in [0.25, 0.3) is 0 Å². The first-order valence-corrected chi connectivity index (χ1v) is 7.21. The van der Waals surface area contributed by atoms with Gasteiger partial charge in [0.1, 0.15) is 9.84 Å². The summed E-state index contributed by atoms with van der Waals surface area (Å²) in [4.78, 5) is 0. The van der Waals surface area contributed by atoms with Gasteiger partial charge in [-0.3, -0.25) is 0 Å². The van der Waals surface area contributed by atoms with Crippen LogP contribution in [0.1, 0.15) is 33.1 Å². The molecular weight excluding hydrogens is 214 g/mol. The van der Waals surface area contributed by atoms with Crippen LogP contribution in [0.4, 0.5) is 0 Å². The van der Waals surface area contributed by atoms with Gasteiger partial charge < -0.3 is 10.5 Å². The maximum atomic E-state index is 10.9. The molecule has 0 spiro atoms. The molecule has 0 heterocycles. The zero-order chi connectivity index (χ0) is 12.1. The van der Waals surface area contributed by atoms with Crippen molar-refractivity contribution in [1.82, 2.24) is 0 Å². The van der Waals surface area contributed by atoms with Crippen molar-refractivity contribution in [3.05, 3.63) is 0 Å². The zero-order valence-corrected chi connectivity index (χ0v) is 10.9. The summed E-state index contributed by atoms with van der Waals surface area (Å²) in [5.74, 6) is 0.216. The van der Waals surface area contributed by atoms with Gasteiger partial charge in [-0.15, -0.1) is 0 Å². The highest BCUT2D eigenvalue weighted by Gasteiger charge is 2.20. The Balaban J connectivity index is 3.81. The summed E-state index contributed by atoms with van der Waals surface area (Å²) in [6.45, 7) is 3.95. The van der Waals surface area contributed by atoms with E-state index in [9.17, 15) is 8.42 Å². The topological polar surface area (TPSA) is 69.4 Å². The van der Waals surface area contributed by atoms with Gasteiger partial charge >= 0.3 is 0 Å². The van der Waals surface area contributed by atoms with Crippen LogP contribution < -0.4 is 5.73 Å². The van der Waals surface area contributed by atoms with Crippen molar-refractivity contribution in [2.75, 3.05) is 19.1 Å². The number of sulfone groups is 1. The molecule has 1 atom stereocenters. The Bertz CT molecular complexity index is 272. The van der Waals surface area contributed by atoms with Gasteiger partial charge in [-0.25, -0.2) is 8.42 Å². The summed E-state index contributed by atoms with van der Waals surface area (Å²) in [6.07, 6.45) is 3.34. The van der Waals surface area contributed by atoms with Gasteiger partial charge in [-0.05, 0) is 33.1 Å². The van der Waals surface area contributed by atoms with Crippen LogP contribution in [-0.2, 0) is 14.6 Å². The number of rotatable bonds is 7. The molecule has 0 aromatic rings. The molecule has 0 aromatic carbocycles. The van der Waals surface area contributed by atoms with E-state index in [1.165, 1.54) is 6.26 Å². The van der Waals surface area contributed by atoms with Crippen molar-refractivity contribution in [3.8, 4) is 0 Å². The van der Waals surface area contributed by atoms with E-state index in [-0.39, 0.29) is 17.4 Å². The monoisotopic (exact) mass is 237 g/mol. The molecule has 0 saturated heterocycles. The van der Waals surface area contributed by atoms with Crippen LogP contribution in [0.25, 0.3) is 0 Å². The van der Waals surface area contributed by atoms with Gasteiger partial charge in [0.05, 0.1) is 5.60 Å². The average molecular weight is 237 g/mol. The number of nitrogens with two attached hydrogens (primary N) is 1. The Labute approximate surface area is 93.1 Å². The van der Waals surface area contributed by atoms with Crippen LogP contribution >= 0.6 is 0 Å². The lowest BCUT2D eigenvalue weighted by atomic mass is 9.97. The van der Waals surface area contributed by atoms with Crippen molar-refractivity contribution in [2.45, 2.75) is 44.8 Å². The zero-order valence-electron chi connectivity index (χ0n) is 10.1. The maximum Gasteiger partial charge on any atom is 0.147 e. The highest BCUT2D eigenvalue weighted by Crippen LogP contribution is 2.16. The fourth-order valence-electron chi connectivity index (χ4n) is 1.42. The smallest absolute Gasteiger partial charge is 0.147 e. The molecule has 0 aliphatic rings. The SMILES string of the molecule is COC(C)(C)CC(N)CCCS(C)(=O)=O. The second-order valence-electron chi connectivity index (χ2n) is 4.70. The van der Waals surface area contributed by atoms with Gasteiger partial charge in [0, 0.05) is 25.2 Å². The molecular formula is C10H23NO3S. The molecule has 4 nitrogen and oxygen atoms in total. The minimum Gasteiger partial charge on any atom is -0.379 e. The van der Waals surface area contributed by atoms with Gasteiger partial charge in [0.2, 0.25) is 0 Å². The number of methoxy groups -OCH3 is 1. The first-order valence-electron chi connectivity index (χ1n) is 5.15. The third kappa shape index (κ3) is 8.84. The second kappa shape index (κ2) is 5.82. The fraction of sp³-hybridized carbons (Fsp3) is 1.00. The molecule has 0 saturated carbocycles. The van der Waals surface area contributed by atoms with E-state index in [1.54, 1.807) is 7.11 Å². The molecule has 2 N–H and O–H groups in total. The lowest BCUT2D eigenvalue weighted by Crippen LogP contribution is -2.33. The van der Waals surface area contributed by atoms with Crippen LogP contribution in [0, 0.1) is 0 Å². The van der Waals surface area contributed by atoms with Crippen LogP contribution in [-0.4, -0.2) is 39.2 Å². The Hall–Kier alpha value is -0.130. The first-order chi connectivity index (χ1) is 6.66. The summed E-state index contributed by atoms with van der Waals surface area (Å²) in [5, 5.41) is 0. The van der Waals surface area contributed by atoms with E-state index in [2.05, 4.69) is 0 Å². The van der Waals surface area contributed by atoms with Crippen LogP contribution in [0.15, 0.2) is 0 Å². The number of hydrogen-bond donors (Lipinski definition) is 1. The van der Waals surface area contributed by atoms with Crippen molar-refractivity contribution in [1.29, 1.82) is 0 Å². The van der Waals surface area contributed by atoms with Gasteiger partial charge in [0.15, 0.2) is 0 Å². The Kier molecular flexibility index (Phi) is 5.77. The molecule has 5 heteroatoms. The van der Waals surface area contributed by atoms with Crippen molar-refractivity contribution < 1.29 is 13.2 Å². The predicted octanol–water partition coefficient (Wildman–Crippen LogP) is 0.954. The summed E-state index contributed by atoms with van der Waals surface area (Å²) in [5.41, 5.74) is 5.66. The van der Waals surface area contributed by atoms with Crippen molar-refractivity contribution in [3.63, 3.8) is 0 Å². The summed E-state index contributed by atoms with van der Waals surface area (Å²) in [7, 11) is -1.20. The van der Waals surface area contributed by atoms with Gasteiger partial charge in [-0.1, -0.05) is 0 Å². The molecule has 0 amide bonds. The minimum atomic E-state index is -2.86. The molecule has 0 aliphatic heterocycles. The Morgan fingerprint density at radius 1 is 1.40 bits per heavy atom. The Morgan fingerprint density at radius 3 is 2.33 bits per heavy atom. The van der Waals surface area contributed by atoms with Gasteiger partial charge in [-0.2, -0.15) is 0 Å². The van der Waals surface area contributed by atoms with Crippen LogP contribution in [0.3, 0.4) is 0 Å². The molecule has 0 aliphatic carbocycles. The lowest BCUT2D eigenvalue weighted by molar-refractivity contribution is 0.00955. The molecule has 1 unspecified atom stereocenters. The van der Waals surface area contributed by atoms with E-state index >= 15 is 0 Å². The molecule has 15 heavy (non-hydrogen) atoms. The standard InChI is InChI=1S/C10H23NO3S/c1-10(2,14-3)8-9(11)6-5-7-15(4,12)13/h9H,5-8,11H2,1-4H3. The van der Waals surface area contributed by atoms with E-state index in [1.807, 2.05) is 13.8 Å². The van der Waals surface area contributed by atoms with E-state index < -0.39 is 9.84 Å². The quantitative estimate of drug-likeness (QED) is 0.716. The summed E-state index contributed by atoms with van der Waals surface area (Å²) < 4.78 is 27.0. The van der Waals surface area contributed by atoms with Crippen LogP contribution in [0.5, 0.6) is 0 Å². The molecule has 0 bridgehead atoms.